The summed E-state index contributed by atoms with van der Waals surface area (Å²) in [5.74, 6) is 0. The van der Waals surface area contributed by atoms with E-state index < -0.39 is 0 Å². The van der Waals surface area contributed by atoms with Gasteiger partial charge in [-0.05, 0) is 6.20 Å². The minimum atomic E-state index is 1.05. The van der Waals surface area contributed by atoms with Crippen LogP contribution in [0.25, 0.3) is 0 Å². The van der Waals surface area contributed by atoms with Crippen molar-refractivity contribution >= 4 is 5.69 Å². The average molecular weight is 137 g/mol. The Labute approximate surface area is 60.6 Å². The predicted molar refractivity (Wildman–Crippen MR) is 41.8 cm³/mol. The molecule has 0 N–H and O–H groups in total. The Balaban J connectivity index is 2.84. The Morgan fingerprint density at radius 1 is 1.80 bits per heavy atom. The van der Waals surface area contributed by atoms with Crippen molar-refractivity contribution in [2.75, 3.05) is 11.9 Å². The number of nitrogens with zero attached hydrogens (tertiary/aromatic N) is 3. The molecule has 0 saturated carbocycles. The summed E-state index contributed by atoms with van der Waals surface area (Å²) in [6, 6.07) is 0. The zero-order valence-corrected chi connectivity index (χ0v) is 6.28. The molecule has 1 aromatic rings. The van der Waals surface area contributed by atoms with Gasteiger partial charge in [-0.15, -0.1) is 0 Å². The summed E-state index contributed by atoms with van der Waals surface area (Å²) in [5, 5.41) is 4.01. The standard InChI is InChI=1S/C7H11N3/c1-4-9(2)7-5-8-10(3)6-7/h4-6H,1H2,2-3H3. The first-order chi connectivity index (χ1) is 4.74. The lowest BCUT2D eigenvalue weighted by Gasteiger charge is -2.08. The number of anilines is 1. The molecular weight excluding hydrogens is 126 g/mol. The maximum atomic E-state index is 4.01. The highest BCUT2D eigenvalue weighted by Gasteiger charge is 1.96. The quantitative estimate of drug-likeness (QED) is 0.606. The maximum Gasteiger partial charge on any atom is 0.0789 e. The molecule has 0 saturated heterocycles. The first-order valence-corrected chi connectivity index (χ1v) is 3.08. The SMILES string of the molecule is C=CN(C)c1cnn(C)c1. The van der Waals surface area contributed by atoms with Crippen LogP contribution in [0.5, 0.6) is 0 Å². The number of aromatic nitrogens is 2. The topological polar surface area (TPSA) is 21.1 Å². The summed E-state index contributed by atoms with van der Waals surface area (Å²) in [4.78, 5) is 1.91. The Morgan fingerprint density at radius 2 is 2.50 bits per heavy atom. The number of rotatable bonds is 2. The molecule has 1 rings (SSSR count). The first-order valence-electron chi connectivity index (χ1n) is 3.08. The van der Waals surface area contributed by atoms with Gasteiger partial charge in [0.2, 0.25) is 0 Å². The van der Waals surface area contributed by atoms with Gasteiger partial charge in [-0.2, -0.15) is 5.10 Å². The molecule has 0 atom stereocenters. The van der Waals surface area contributed by atoms with Gasteiger partial charge in [-0.25, -0.2) is 0 Å². The van der Waals surface area contributed by atoms with Crippen LogP contribution in [0.4, 0.5) is 5.69 Å². The monoisotopic (exact) mass is 137 g/mol. The Hall–Kier alpha value is -1.25. The fourth-order valence-electron chi connectivity index (χ4n) is 0.696. The molecule has 0 aromatic carbocycles. The van der Waals surface area contributed by atoms with E-state index in [2.05, 4.69) is 11.7 Å². The molecule has 0 fully saturated rings. The van der Waals surface area contributed by atoms with Crippen LogP contribution >= 0.6 is 0 Å². The molecule has 0 aliphatic rings. The van der Waals surface area contributed by atoms with Crippen LogP contribution in [0.3, 0.4) is 0 Å². The van der Waals surface area contributed by atoms with Crippen LogP contribution < -0.4 is 4.90 Å². The van der Waals surface area contributed by atoms with Crippen molar-refractivity contribution in [3.8, 4) is 0 Å². The number of aryl methyl sites for hydroxylation is 1. The molecule has 0 unspecified atom stereocenters. The summed E-state index contributed by atoms with van der Waals surface area (Å²) >= 11 is 0. The molecule has 54 valence electrons. The Bertz CT molecular complexity index is 227. The molecule has 0 radical (unpaired) electrons. The lowest BCUT2D eigenvalue weighted by Crippen LogP contribution is -2.05. The largest absolute Gasteiger partial charge is 0.349 e. The van der Waals surface area contributed by atoms with Gasteiger partial charge >= 0.3 is 0 Å². The summed E-state index contributed by atoms with van der Waals surface area (Å²) in [6.07, 6.45) is 5.47. The van der Waals surface area contributed by atoms with E-state index in [1.165, 1.54) is 0 Å². The molecule has 0 aliphatic carbocycles. The van der Waals surface area contributed by atoms with Crippen LogP contribution in [0, 0.1) is 0 Å². The predicted octanol–water partition coefficient (Wildman–Crippen LogP) is 1.000. The van der Waals surface area contributed by atoms with Crippen molar-refractivity contribution < 1.29 is 0 Å². The van der Waals surface area contributed by atoms with E-state index >= 15 is 0 Å². The highest BCUT2D eigenvalue weighted by atomic mass is 15.3. The maximum absolute atomic E-state index is 4.01. The zero-order valence-electron chi connectivity index (χ0n) is 6.28. The van der Waals surface area contributed by atoms with Crippen molar-refractivity contribution in [3.05, 3.63) is 25.2 Å². The average Bonchev–Trinajstić information content (AvgIpc) is 2.34. The minimum absolute atomic E-state index is 1.05. The van der Waals surface area contributed by atoms with Gasteiger partial charge in [0.1, 0.15) is 0 Å². The van der Waals surface area contributed by atoms with Crippen LogP contribution in [0.15, 0.2) is 25.2 Å². The van der Waals surface area contributed by atoms with E-state index in [0.29, 0.717) is 0 Å². The summed E-state index contributed by atoms with van der Waals surface area (Å²) in [6.45, 7) is 3.64. The lowest BCUT2D eigenvalue weighted by atomic mass is 10.5. The van der Waals surface area contributed by atoms with Gasteiger partial charge in [0.05, 0.1) is 11.9 Å². The van der Waals surface area contributed by atoms with Crippen LogP contribution in [-0.2, 0) is 7.05 Å². The molecular formula is C7H11N3. The van der Waals surface area contributed by atoms with E-state index in [1.807, 2.05) is 25.2 Å². The third kappa shape index (κ3) is 1.18. The van der Waals surface area contributed by atoms with E-state index in [4.69, 9.17) is 0 Å². The third-order valence-electron chi connectivity index (χ3n) is 1.37. The second kappa shape index (κ2) is 2.56. The van der Waals surface area contributed by atoms with Crippen molar-refractivity contribution in [3.63, 3.8) is 0 Å². The van der Waals surface area contributed by atoms with Crippen molar-refractivity contribution in [2.45, 2.75) is 0 Å². The van der Waals surface area contributed by atoms with Crippen molar-refractivity contribution in [2.24, 2.45) is 7.05 Å². The molecule has 0 spiro atoms. The van der Waals surface area contributed by atoms with E-state index in [9.17, 15) is 0 Å². The minimum Gasteiger partial charge on any atom is -0.349 e. The number of hydrogen-bond donors (Lipinski definition) is 0. The molecule has 1 aromatic heterocycles. The summed E-state index contributed by atoms with van der Waals surface area (Å²) in [7, 11) is 3.82. The molecule has 0 aliphatic heterocycles. The second-order valence-electron chi connectivity index (χ2n) is 2.17. The van der Waals surface area contributed by atoms with Crippen LogP contribution in [0.2, 0.25) is 0 Å². The lowest BCUT2D eigenvalue weighted by molar-refractivity contribution is 0.767. The van der Waals surface area contributed by atoms with Crippen molar-refractivity contribution in [1.29, 1.82) is 0 Å². The molecule has 3 heteroatoms. The van der Waals surface area contributed by atoms with E-state index in [0.717, 1.165) is 5.69 Å². The molecule has 1 heterocycles. The third-order valence-corrected chi connectivity index (χ3v) is 1.37. The molecule has 0 bridgehead atoms. The van der Waals surface area contributed by atoms with E-state index in [-0.39, 0.29) is 0 Å². The highest BCUT2D eigenvalue weighted by Crippen LogP contribution is 2.08. The molecule has 10 heavy (non-hydrogen) atoms. The van der Waals surface area contributed by atoms with Gasteiger partial charge in [0.25, 0.3) is 0 Å². The van der Waals surface area contributed by atoms with Gasteiger partial charge in [0.15, 0.2) is 0 Å². The van der Waals surface area contributed by atoms with Crippen molar-refractivity contribution in [1.82, 2.24) is 9.78 Å². The van der Waals surface area contributed by atoms with E-state index in [1.54, 1.807) is 17.1 Å². The zero-order chi connectivity index (χ0) is 7.56. The summed E-state index contributed by atoms with van der Waals surface area (Å²) in [5.41, 5.74) is 1.05. The van der Waals surface area contributed by atoms with Crippen LogP contribution in [-0.4, -0.2) is 16.8 Å². The van der Waals surface area contributed by atoms with Gasteiger partial charge in [-0.1, -0.05) is 6.58 Å². The first kappa shape index (κ1) is 6.86. The smallest absolute Gasteiger partial charge is 0.0789 e. The van der Waals surface area contributed by atoms with Gasteiger partial charge in [-0.3, -0.25) is 4.68 Å². The van der Waals surface area contributed by atoms with Gasteiger partial charge in [0, 0.05) is 20.3 Å². The fourth-order valence-corrected chi connectivity index (χ4v) is 0.696. The molecule has 0 amide bonds. The normalized spacial score (nSPS) is 9.40. The number of hydrogen-bond acceptors (Lipinski definition) is 2. The Morgan fingerprint density at radius 3 is 2.90 bits per heavy atom. The second-order valence-corrected chi connectivity index (χ2v) is 2.17. The Kier molecular flexibility index (Phi) is 1.76. The fraction of sp³-hybridized carbons (Fsp3) is 0.286. The summed E-state index contributed by atoms with van der Waals surface area (Å²) < 4.78 is 1.76. The van der Waals surface area contributed by atoms with Crippen LogP contribution in [0.1, 0.15) is 0 Å². The van der Waals surface area contributed by atoms with Gasteiger partial charge < -0.3 is 4.90 Å². The molecule has 3 nitrogen and oxygen atoms in total. The highest BCUT2D eigenvalue weighted by molar-refractivity contribution is 5.43.